The molecule has 0 aromatic heterocycles. The molecule has 0 radical (unpaired) electrons. The van der Waals surface area contributed by atoms with Crippen molar-refractivity contribution in [2.45, 2.75) is 96.6 Å². The largest absolute Gasteiger partial charge is 0.471 e. The molecule has 0 aliphatic heterocycles. The Balaban J connectivity index is 3.41. The van der Waals surface area contributed by atoms with Crippen molar-refractivity contribution in [1.29, 1.82) is 0 Å². The molecule has 0 unspecified atom stereocenters. The highest BCUT2D eigenvalue weighted by atomic mass is 19.4. The molecule has 0 bridgehead atoms. The second-order valence-corrected chi connectivity index (χ2v) is 6.70. The highest BCUT2D eigenvalue weighted by Crippen LogP contribution is 2.14. The number of hydrogen-bond donors (Lipinski definition) is 1. The lowest BCUT2D eigenvalue weighted by atomic mass is 10.1. The Hall–Kier alpha value is -1.33. The van der Waals surface area contributed by atoms with Gasteiger partial charge in [0.2, 0.25) is 0 Å². The minimum Gasteiger partial charge on any atom is -0.348 e. The van der Waals surface area contributed by atoms with E-state index in [0.29, 0.717) is 12.8 Å². The number of hydrogen-bond acceptors (Lipinski definition) is 2. The van der Waals surface area contributed by atoms with Crippen molar-refractivity contribution in [3.8, 4) is 0 Å². The summed E-state index contributed by atoms with van der Waals surface area (Å²) >= 11 is 0. The van der Waals surface area contributed by atoms with Gasteiger partial charge in [0.05, 0.1) is 0 Å². The number of carbonyl (C=O) groups is 2. The summed E-state index contributed by atoms with van der Waals surface area (Å²) in [6.45, 7) is 2.24. The molecule has 0 aliphatic carbocycles. The smallest absolute Gasteiger partial charge is 0.348 e. The maximum Gasteiger partial charge on any atom is 0.471 e. The van der Waals surface area contributed by atoms with Crippen LogP contribution in [0.25, 0.3) is 0 Å². The lowest BCUT2D eigenvalue weighted by Gasteiger charge is -2.07. The molecule has 6 heteroatoms. The highest BCUT2D eigenvalue weighted by Gasteiger charge is 2.38. The number of nitrogens with one attached hydrogen (secondary N) is 1. The number of unbranched alkanes of at least 4 members (excludes halogenated alkanes) is 10. The van der Waals surface area contributed by atoms with Gasteiger partial charge in [0, 0.05) is 13.0 Å². The normalized spacial score (nSPS) is 11.8. The Morgan fingerprint density at radius 2 is 1.42 bits per heavy atom. The second-order valence-electron chi connectivity index (χ2n) is 6.70. The fraction of sp³-hybridized carbons (Fsp3) is 0.800. The summed E-state index contributed by atoms with van der Waals surface area (Å²) in [6.07, 6.45) is 11.6. The number of halogens is 3. The van der Waals surface area contributed by atoms with Gasteiger partial charge >= 0.3 is 12.1 Å². The van der Waals surface area contributed by atoms with Crippen molar-refractivity contribution >= 4 is 11.7 Å². The molecule has 0 rings (SSSR count). The molecule has 0 heterocycles. The van der Waals surface area contributed by atoms with E-state index in [2.05, 4.69) is 6.92 Å². The van der Waals surface area contributed by atoms with E-state index in [1.165, 1.54) is 32.1 Å². The summed E-state index contributed by atoms with van der Waals surface area (Å²) in [7, 11) is 0. The summed E-state index contributed by atoms with van der Waals surface area (Å²) in [4.78, 5) is 22.3. The summed E-state index contributed by atoms with van der Waals surface area (Å²) in [6, 6.07) is 0. The van der Waals surface area contributed by atoms with Gasteiger partial charge in [-0.2, -0.15) is 13.2 Å². The van der Waals surface area contributed by atoms with E-state index in [4.69, 9.17) is 0 Å². The first-order chi connectivity index (χ1) is 12.4. The molecule has 1 amide bonds. The van der Waals surface area contributed by atoms with Crippen LogP contribution in [0.2, 0.25) is 0 Å². The monoisotopic (exact) mass is 377 g/mol. The van der Waals surface area contributed by atoms with Crippen LogP contribution in [0.5, 0.6) is 0 Å². The Morgan fingerprint density at radius 3 is 2.08 bits per heavy atom. The Bertz CT molecular complexity index is 406. The fourth-order valence-electron chi connectivity index (χ4n) is 2.60. The molecule has 0 aromatic carbocycles. The predicted octanol–water partition coefficient (Wildman–Crippen LogP) is 5.88. The van der Waals surface area contributed by atoms with Crippen molar-refractivity contribution in [1.82, 2.24) is 5.32 Å². The van der Waals surface area contributed by atoms with Gasteiger partial charge in [-0.1, -0.05) is 64.4 Å². The third-order valence-electron chi connectivity index (χ3n) is 4.17. The van der Waals surface area contributed by atoms with Crippen LogP contribution in [0.4, 0.5) is 13.2 Å². The molecule has 0 saturated heterocycles. The van der Waals surface area contributed by atoms with Crippen molar-refractivity contribution in [3.05, 3.63) is 12.2 Å². The van der Waals surface area contributed by atoms with Crippen molar-refractivity contribution < 1.29 is 22.8 Å². The van der Waals surface area contributed by atoms with Crippen LogP contribution in [0.15, 0.2) is 12.2 Å². The van der Waals surface area contributed by atoms with Crippen molar-refractivity contribution in [2.24, 2.45) is 0 Å². The van der Waals surface area contributed by atoms with Crippen LogP contribution < -0.4 is 5.32 Å². The number of alkyl halides is 3. The molecule has 0 saturated carbocycles. The van der Waals surface area contributed by atoms with Gasteiger partial charge in [-0.25, -0.2) is 0 Å². The molecule has 0 spiro atoms. The molecule has 0 atom stereocenters. The van der Waals surface area contributed by atoms with Gasteiger partial charge in [0.15, 0.2) is 5.78 Å². The Kier molecular flexibility index (Phi) is 15.1. The van der Waals surface area contributed by atoms with Gasteiger partial charge in [-0.3, -0.25) is 9.59 Å². The van der Waals surface area contributed by atoms with Crippen LogP contribution in [-0.4, -0.2) is 24.4 Å². The van der Waals surface area contributed by atoms with Crippen LogP contribution >= 0.6 is 0 Å². The number of amides is 1. The van der Waals surface area contributed by atoms with E-state index in [0.717, 1.165) is 38.5 Å². The first kappa shape index (κ1) is 24.7. The summed E-state index contributed by atoms with van der Waals surface area (Å²) < 4.78 is 35.8. The number of carbonyl (C=O) groups excluding carboxylic acids is 2. The average molecular weight is 377 g/mol. The van der Waals surface area contributed by atoms with E-state index >= 15 is 0 Å². The van der Waals surface area contributed by atoms with Crippen LogP contribution in [0, 0.1) is 0 Å². The Labute approximate surface area is 155 Å². The average Bonchev–Trinajstić information content (AvgIpc) is 2.58. The van der Waals surface area contributed by atoms with Crippen LogP contribution in [0.1, 0.15) is 90.4 Å². The van der Waals surface area contributed by atoms with E-state index in [9.17, 15) is 22.8 Å². The zero-order chi connectivity index (χ0) is 19.7. The van der Waals surface area contributed by atoms with Gasteiger partial charge in [0.25, 0.3) is 0 Å². The lowest BCUT2D eigenvalue weighted by Crippen LogP contribution is -2.37. The third-order valence-corrected chi connectivity index (χ3v) is 4.17. The number of ketones is 1. The standard InChI is InChI=1S/C20H34F3NO2/c1-2-3-4-5-6-7-9-12-15-18(25)16-13-10-8-11-14-17-24-19(26)20(21,22)23/h12,15H,2-11,13-14,16-17H2,1H3,(H,24,26)/b15-12+. The van der Waals surface area contributed by atoms with Crippen LogP contribution in [0.3, 0.4) is 0 Å². The Morgan fingerprint density at radius 1 is 0.846 bits per heavy atom. The maximum atomic E-state index is 11.9. The minimum atomic E-state index is -4.80. The molecule has 152 valence electrons. The van der Waals surface area contributed by atoms with E-state index in [-0.39, 0.29) is 12.3 Å². The maximum absolute atomic E-state index is 11.9. The zero-order valence-corrected chi connectivity index (χ0v) is 16.0. The van der Waals surface area contributed by atoms with E-state index in [1.54, 1.807) is 6.08 Å². The van der Waals surface area contributed by atoms with Crippen molar-refractivity contribution in [2.75, 3.05) is 6.54 Å². The molecular formula is C20H34F3NO2. The van der Waals surface area contributed by atoms with E-state index in [1.807, 2.05) is 11.4 Å². The minimum absolute atomic E-state index is 0.0401. The summed E-state index contributed by atoms with van der Waals surface area (Å²) in [5, 5.41) is 1.85. The van der Waals surface area contributed by atoms with Crippen molar-refractivity contribution in [3.63, 3.8) is 0 Å². The molecule has 0 aliphatic rings. The second kappa shape index (κ2) is 15.9. The van der Waals surface area contributed by atoms with Gasteiger partial charge in [-0.05, 0) is 31.8 Å². The topological polar surface area (TPSA) is 46.2 Å². The molecule has 1 N–H and O–H groups in total. The third kappa shape index (κ3) is 16.2. The molecule has 3 nitrogen and oxygen atoms in total. The van der Waals surface area contributed by atoms with Gasteiger partial charge < -0.3 is 5.32 Å². The quantitative estimate of drug-likeness (QED) is 0.270. The molecular weight excluding hydrogens is 343 g/mol. The fourth-order valence-corrected chi connectivity index (χ4v) is 2.60. The van der Waals surface area contributed by atoms with E-state index < -0.39 is 12.1 Å². The molecule has 26 heavy (non-hydrogen) atoms. The van der Waals surface area contributed by atoms with Gasteiger partial charge in [0.1, 0.15) is 0 Å². The zero-order valence-electron chi connectivity index (χ0n) is 16.0. The first-order valence-electron chi connectivity index (χ1n) is 9.92. The summed E-state index contributed by atoms with van der Waals surface area (Å²) in [5.74, 6) is -1.73. The highest BCUT2D eigenvalue weighted by molar-refractivity contribution is 5.89. The SMILES string of the molecule is CCCCCCCC/C=C/C(=O)CCCCCCCNC(=O)C(F)(F)F. The van der Waals surface area contributed by atoms with Gasteiger partial charge in [-0.15, -0.1) is 0 Å². The summed E-state index contributed by atoms with van der Waals surface area (Å²) in [5.41, 5.74) is 0. The van der Waals surface area contributed by atoms with Crippen LogP contribution in [-0.2, 0) is 9.59 Å². The predicted molar refractivity (Wildman–Crippen MR) is 98.9 cm³/mol. The molecule has 0 aromatic rings. The number of rotatable bonds is 16. The first-order valence-corrected chi connectivity index (χ1v) is 9.92. The molecule has 0 fully saturated rings. The lowest BCUT2D eigenvalue weighted by molar-refractivity contribution is -0.173. The number of allylic oxidation sites excluding steroid dienone is 2.